The number of ether oxygens (including phenoxy) is 3. The van der Waals surface area contributed by atoms with Gasteiger partial charge in [-0.05, 0) is 126 Å². The number of carbonyl (C=O) groups is 15. The fraction of sp³-hybridized carbons (Fsp3) is 0.613. The summed E-state index contributed by atoms with van der Waals surface area (Å²) in [7, 11) is 0. The van der Waals surface area contributed by atoms with Crippen LogP contribution < -0.4 is 47.9 Å². The van der Waals surface area contributed by atoms with Crippen LogP contribution in [0.3, 0.4) is 0 Å². The van der Waals surface area contributed by atoms with Crippen molar-refractivity contribution in [3.05, 3.63) is 118 Å². The van der Waals surface area contributed by atoms with Crippen molar-refractivity contribution in [2.75, 3.05) is 59.1 Å². The number of aliphatic imine (C=N–C) groups is 6. The van der Waals surface area contributed by atoms with E-state index in [4.69, 9.17) is 19.2 Å². The van der Waals surface area contributed by atoms with Crippen LogP contribution in [-0.4, -0.2) is 258 Å². The van der Waals surface area contributed by atoms with Crippen molar-refractivity contribution in [2.45, 2.75) is 329 Å². The molecule has 0 unspecified atom stereocenters. The summed E-state index contributed by atoms with van der Waals surface area (Å²) in [6.07, 6.45) is 33.5. The molecule has 150 heavy (non-hydrogen) atoms. The minimum atomic E-state index is -1.04. The zero-order valence-electron chi connectivity index (χ0n) is 88.7. The van der Waals surface area contributed by atoms with Gasteiger partial charge >= 0.3 is 17.9 Å². The second kappa shape index (κ2) is 62.3. The number of hydrogen-bond donors (Lipinski definition) is 10. The summed E-state index contributed by atoms with van der Waals surface area (Å²) in [4.78, 5) is 229. The van der Waals surface area contributed by atoms with E-state index in [0.717, 1.165) is 59.1 Å². The van der Waals surface area contributed by atoms with Crippen LogP contribution in [0.2, 0.25) is 0 Å². The fourth-order valence-electron chi connectivity index (χ4n) is 15.9. The molecule has 0 radical (unpaired) electrons. The van der Waals surface area contributed by atoms with Gasteiger partial charge in [0.25, 0.3) is 0 Å². The van der Waals surface area contributed by atoms with Crippen molar-refractivity contribution in [1.82, 2.24) is 57.8 Å². The summed E-state index contributed by atoms with van der Waals surface area (Å²) in [6.45, 7) is 28.7. The summed E-state index contributed by atoms with van der Waals surface area (Å²) in [5, 5.41) is 31.7. The molecule has 35 nitrogen and oxygen atoms in total. The summed E-state index contributed by atoms with van der Waals surface area (Å²) >= 11 is 15.3. The van der Waals surface area contributed by atoms with Crippen LogP contribution in [-0.2, 0) is 99.2 Å². The molecular formula is C106H149N17O18S9. The van der Waals surface area contributed by atoms with E-state index >= 15 is 0 Å². The molecular weight excluding hydrogens is 2090 g/mol. The smallest absolute Gasteiger partial charge is 0.329 e. The number of pyridine rings is 1. The van der Waals surface area contributed by atoms with Crippen molar-refractivity contribution >= 4 is 224 Å². The number of thiazole rings is 1. The highest BCUT2D eigenvalue weighted by Crippen LogP contribution is 2.38. The zero-order valence-corrected chi connectivity index (χ0v) is 96.1. The van der Waals surface area contributed by atoms with E-state index < -0.39 is 88.6 Å². The highest BCUT2D eigenvalue weighted by Gasteiger charge is 2.47. The Hall–Kier alpha value is -9.31. The van der Waals surface area contributed by atoms with Gasteiger partial charge in [-0.1, -0.05) is 198 Å². The van der Waals surface area contributed by atoms with Crippen LogP contribution in [0.4, 0.5) is 0 Å². The lowest BCUT2D eigenvalue weighted by Crippen LogP contribution is -2.56. The van der Waals surface area contributed by atoms with Crippen molar-refractivity contribution in [3.8, 4) is 0 Å². The number of nitrogens with one attached hydrogen (secondary N) is 9. The third kappa shape index (κ3) is 40.5. The van der Waals surface area contributed by atoms with Gasteiger partial charge in [-0.3, -0.25) is 92.5 Å². The number of hydrogen-bond acceptors (Lipinski definition) is 35. The molecule has 0 saturated carbocycles. The summed E-state index contributed by atoms with van der Waals surface area (Å²) < 4.78 is 17.1. The van der Waals surface area contributed by atoms with Crippen molar-refractivity contribution in [2.24, 2.45) is 53.6 Å². The van der Waals surface area contributed by atoms with Crippen LogP contribution in [0, 0.1) is 23.7 Å². The first-order chi connectivity index (χ1) is 71.5. The third-order valence-corrected chi connectivity index (χ3v) is 34.0. The van der Waals surface area contributed by atoms with Crippen LogP contribution in [0.15, 0.2) is 126 Å². The Balaban J connectivity index is 0.000000223. The molecule has 9 N–H and O–H groups in total. The molecule has 9 amide bonds. The SMILES string of the molecule is CC(=O)SCC/C=C/[C@@H]1CC(=O)NCc2cc(ccn2)C2=N[C@@](C)(CS2)C(=O)N[C@@H](C(C)C)C(=O)O1.CC(C)[C@@H]1NC(=O)[C@]2(C)CSC(=N2)C2=CCC(=N2)CNC(=O)C[C@@H](/C=C/CCS)OC1=O.CCCCCCCC(=O)SCC/C=C/[C@@H]1CC(=O)NCC2=NC(=CC2)C2=N[C@@](C)(CS2)C(=O)N[C@@H](C(C)C)C(=O)N1.CCCCCCCC(=O)SCC/C=C/[C@@H]1CC(=O)NCc2nc(cs2)C2=N[C@@](C)(CS2)C(=O)N[C@@H](C(C)C)C(=O)O1. The Labute approximate surface area is 920 Å². The van der Waals surface area contributed by atoms with Crippen LogP contribution in [0.25, 0.3) is 0 Å². The fourth-order valence-corrected chi connectivity index (χ4v) is 23.6. The van der Waals surface area contributed by atoms with Gasteiger partial charge in [-0.25, -0.2) is 19.4 Å². The normalized spacial score (nSPS) is 25.8. The van der Waals surface area contributed by atoms with Gasteiger partial charge in [0.15, 0.2) is 15.3 Å². The Morgan fingerprint density at radius 1 is 0.460 bits per heavy atom. The number of thiol groups is 1. The first-order valence-electron chi connectivity index (χ1n) is 51.8. The number of carbonyl (C=O) groups excluding carboxylic acids is 15. The van der Waals surface area contributed by atoms with Crippen LogP contribution in [0.1, 0.15) is 267 Å². The average Bonchev–Trinajstić information content (AvgIpc) is 1.66. The van der Waals surface area contributed by atoms with Gasteiger partial charge in [0.2, 0.25) is 53.2 Å². The van der Waals surface area contributed by atoms with Gasteiger partial charge in [0, 0.05) is 101 Å². The van der Waals surface area contributed by atoms with Gasteiger partial charge in [-0.15, -0.1) is 58.4 Å². The number of aromatic nitrogens is 2. The molecule has 12 rings (SSSR count). The van der Waals surface area contributed by atoms with Crippen molar-refractivity contribution < 1.29 is 86.1 Å². The lowest BCUT2D eigenvalue weighted by Gasteiger charge is -2.27. The number of allylic oxidation sites excluding steroid dienone is 6. The van der Waals surface area contributed by atoms with E-state index in [9.17, 15) is 71.9 Å². The highest BCUT2D eigenvalue weighted by atomic mass is 32.2. The molecule has 44 heteroatoms. The van der Waals surface area contributed by atoms with Gasteiger partial charge < -0.3 is 62.1 Å². The number of fused-ring (bicyclic) bond motifs is 14. The second-order valence-corrected chi connectivity index (χ2v) is 48.8. The Morgan fingerprint density at radius 3 is 1.27 bits per heavy atom. The third-order valence-electron chi connectivity index (χ3n) is 25.0. The number of unbranched alkanes of at least 4 members (excludes halogenated alkanes) is 8. The van der Waals surface area contributed by atoms with E-state index in [2.05, 4.69) is 109 Å². The molecule has 16 bridgehead atoms. The molecule has 0 fully saturated rings. The second-order valence-electron chi connectivity index (χ2n) is 40.0. The highest BCUT2D eigenvalue weighted by molar-refractivity contribution is 8.16. The number of cyclic esters (lactones) is 3. The molecule has 10 aliphatic rings. The molecule has 0 spiro atoms. The number of esters is 3. The van der Waals surface area contributed by atoms with E-state index in [1.54, 1.807) is 58.2 Å². The first kappa shape index (κ1) is 124. The van der Waals surface area contributed by atoms with E-state index in [-0.39, 0.29) is 131 Å². The topological polar surface area (TPSA) is 492 Å². The molecule has 2 aromatic heterocycles. The molecule has 12 atom stereocenters. The van der Waals surface area contributed by atoms with Crippen LogP contribution >= 0.6 is 106 Å². The standard InChI is InChI=1S/C30H45N5O4S2.C29H42N4O5S3.C25H32N4O5S2.C22H30N4O4S2/c1-5-6-7-8-9-13-25(37)40-16-11-10-12-21-17-24(36)31-18-22-14-15-23(32-22)28-35-30(4,19-41-28)29(39)34-26(20(2)3)27(38)33-21;1-5-6-7-8-9-13-24(35)39-14-11-10-12-20-15-22(34)30-16-23-31-21(17-40-23)26-33-29(4,18-41-26)28(37)32-25(19(2)3)27(36)38-20;1-15(2)21-23(32)34-19(7-5-6-10-35-16(3)30)12-20(31)27-13-18-11-17(8-9-26-18)22-29-25(4,14-36-22)24(33)28-21;1-13(2)18-20(28)30-15(6-4-5-9-31)10-17(27)23-11-14-7-8-16(24-14)19-26-22(3,12-32-19)21(29)25-18/h10,12,15,20-21,26H,5-9,11,13-14,16-19H2,1-4H3,(H,31,36)(H,33,38)(H,34,39);10,12,17,19-20,25H,5-9,11,13-16,18H2,1-4H3,(H,30,34)(H,32,37);5,7-9,11,15,19,21H,6,10,12-14H2,1-4H3,(H,27,31)(H,28,33);4,6,8,13,15,18,31H,5,7,9-12H2,1-3H3,(H,23,27)(H,25,29)/b2*12-10+;7-5+;6-4+/t21-,26+,30+;20-,25+,29+;19-,21+,25+;15-,18+,22+/m1111/s1. The largest absolute Gasteiger partial charge is 0.456 e. The van der Waals surface area contributed by atoms with E-state index in [1.165, 1.54) is 139 Å². The summed E-state index contributed by atoms with van der Waals surface area (Å²) in [5.74, 6) is -1.08. The van der Waals surface area contributed by atoms with Crippen LogP contribution in [0.5, 0.6) is 0 Å². The summed E-state index contributed by atoms with van der Waals surface area (Å²) in [5.41, 5.74) is 1.21. The maximum Gasteiger partial charge on any atom is 0.329 e. The molecule has 0 aromatic carbocycles. The molecule has 12 heterocycles. The minimum Gasteiger partial charge on any atom is -0.456 e. The number of amides is 9. The lowest BCUT2D eigenvalue weighted by atomic mass is 9.99. The molecule has 0 saturated heterocycles. The monoisotopic (exact) mass is 2240 g/mol. The molecule has 820 valence electrons. The number of thioether (sulfide) groups is 7. The zero-order chi connectivity index (χ0) is 109. The molecule has 10 aliphatic heterocycles. The van der Waals surface area contributed by atoms with Crippen molar-refractivity contribution in [3.63, 3.8) is 0 Å². The quantitative estimate of drug-likeness (QED) is 0.0110. The van der Waals surface area contributed by atoms with Gasteiger partial charge in [0.1, 0.15) is 90.5 Å². The molecule has 0 aliphatic carbocycles. The Bertz CT molecular complexity index is 5520. The first-order valence-corrected chi connectivity index (χ1v) is 60.2. The predicted octanol–water partition coefficient (Wildman–Crippen LogP) is 14.1. The predicted molar refractivity (Wildman–Crippen MR) is 609 cm³/mol. The summed E-state index contributed by atoms with van der Waals surface area (Å²) in [6, 6.07) is -0.314. The average molecular weight is 2240 g/mol. The van der Waals surface area contributed by atoms with E-state index in [1.807, 2.05) is 109 Å². The minimum absolute atomic E-state index is 0.0125. The Morgan fingerprint density at radius 2 is 0.840 bits per heavy atom. The Kier molecular flexibility index (Phi) is 51.6. The number of rotatable bonds is 31. The van der Waals surface area contributed by atoms with Crippen molar-refractivity contribution in [1.29, 1.82) is 0 Å². The van der Waals surface area contributed by atoms with Gasteiger partial charge in [-0.2, -0.15) is 12.6 Å². The lowest BCUT2D eigenvalue weighted by molar-refractivity contribution is -0.154. The maximum absolute atomic E-state index is 13.4. The van der Waals surface area contributed by atoms with Gasteiger partial charge in [0.05, 0.1) is 80.0 Å². The molecule has 2 aromatic rings. The number of nitrogens with zero attached hydrogens (tertiary/aromatic N) is 8. The van der Waals surface area contributed by atoms with E-state index in [0.29, 0.717) is 142 Å². The maximum atomic E-state index is 13.4.